The molecule has 86 valence electrons. The van der Waals surface area contributed by atoms with Gasteiger partial charge in [0.2, 0.25) is 0 Å². The maximum absolute atomic E-state index is 11.8. The zero-order valence-electron chi connectivity index (χ0n) is 8.83. The van der Waals surface area contributed by atoms with Gasteiger partial charge in [-0.15, -0.1) is 5.10 Å². The third-order valence-corrected chi connectivity index (χ3v) is 2.47. The maximum atomic E-state index is 11.8. The van der Waals surface area contributed by atoms with Crippen LogP contribution in [0.5, 0.6) is 0 Å². The Morgan fingerprint density at radius 1 is 1.62 bits per heavy atom. The second-order valence-corrected chi connectivity index (χ2v) is 3.84. The van der Waals surface area contributed by atoms with Crippen molar-refractivity contribution in [3.8, 4) is 0 Å². The van der Waals surface area contributed by atoms with Gasteiger partial charge in [0.1, 0.15) is 6.54 Å². The van der Waals surface area contributed by atoms with Gasteiger partial charge in [-0.2, -0.15) is 0 Å². The molecule has 1 N–H and O–H groups in total. The molecule has 0 saturated heterocycles. The van der Waals surface area contributed by atoms with E-state index >= 15 is 0 Å². The van der Waals surface area contributed by atoms with Crippen molar-refractivity contribution >= 4 is 11.9 Å². The van der Waals surface area contributed by atoms with Crippen LogP contribution in [-0.2, 0) is 11.3 Å². The monoisotopic (exact) mass is 224 g/mol. The summed E-state index contributed by atoms with van der Waals surface area (Å²) in [5.41, 5.74) is 0.190. The Kier molecular flexibility index (Phi) is 2.59. The smallest absolute Gasteiger partial charge is 0.325 e. The molecule has 7 heteroatoms. The number of rotatable bonds is 4. The molecule has 1 aromatic rings. The summed E-state index contributed by atoms with van der Waals surface area (Å²) >= 11 is 0. The molecule has 1 amide bonds. The number of amides is 1. The molecular weight excluding hydrogens is 212 g/mol. The number of hydrogen-bond donors (Lipinski definition) is 1. The molecule has 1 heterocycles. The molecule has 1 aromatic heterocycles. The van der Waals surface area contributed by atoms with E-state index in [1.54, 1.807) is 11.9 Å². The number of nitrogens with zero attached hydrogens (tertiary/aromatic N) is 4. The molecule has 0 spiro atoms. The van der Waals surface area contributed by atoms with Gasteiger partial charge < -0.3 is 10.0 Å². The van der Waals surface area contributed by atoms with E-state index in [1.165, 1.54) is 6.20 Å². The summed E-state index contributed by atoms with van der Waals surface area (Å²) in [5, 5.41) is 15.8. The number of carboxylic acids is 1. The van der Waals surface area contributed by atoms with Gasteiger partial charge in [-0.25, -0.2) is 4.68 Å². The van der Waals surface area contributed by atoms with Gasteiger partial charge in [-0.05, 0) is 12.8 Å². The Morgan fingerprint density at radius 2 is 2.31 bits per heavy atom. The lowest BCUT2D eigenvalue weighted by atomic mass is 10.4. The number of aliphatic carboxylic acids is 1. The van der Waals surface area contributed by atoms with E-state index in [9.17, 15) is 9.59 Å². The number of carbonyl (C=O) groups excluding carboxylic acids is 1. The zero-order chi connectivity index (χ0) is 11.7. The second kappa shape index (κ2) is 3.92. The fourth-order valence-electron chi connectivity index (χ4n) is 1.42. The van der Waals surface area contributed by atoms with Crippen LogP contribution in [0.4, 0.5) is 0 Å². The summed E-state index contributed by atoms with van der Waals surface area (Å²) in [7, 11) is 1.72. The SMILES string of the molecule is CN(C(=O)c1cn(CC(=O)O)nn1)C1CC1. The van der Waals surface area contributed by atoms with Crippen molar-refractivity contribution in [2.45, 2.75) is 25.4 Å². The van der Waals surface area contributed by atoms with Crippen LogP contribution in [0.15, 0.2) is 6.20 Å². The van der Waals surface area contributed by atoms with Crippen LogP contribution >= 0.6 is 0 Å². The first kappa shape index (κ1) is 10.6. The Hall–Kier alpha value is -1.92. The van der Waals surface area contributed by atoms with Crippen molar-refractivity contribution in [3.63, 3.8) is 0 Å². The van der Waals surface area contributed by atoms with Gasteiger partial charge in [0.15, 0.2) is 5.69 Å². The first-order valence-corrected chi connectivity index (χ1v) is 4.97. The summed E-state index contributed by atoms with van der Waals surface area (Å²) in [4.78, 5) is 23.8. The highest BCUT2D eigenvalue weighted by atomic mass is 16.4. The van der Waals surface area contributed by atoms with Crippen molar-refractivity contribution in [3.05, 3.63) is 11.9 Å². The summed E-state index contributed by atoms with van der Waals surface area (Å²) in [5.74, 6) is -1.22. The average Bonchev–Trinajstić information content (AvgIpc) is 2.97. The largest absolute Gasteiger partial charge is 0.480 e. The molecule has 0 aliphatic heterocycles. The summed E-state index contributed by atoms with van der Waals surface area (Å²) < 4.78 is 1.14. The van der Waals surface area contributed by atoms with Crippen LogP contribution in [0.1, 0.15) is 23.3 Å². The van der Waals surface area contributed by atoms with E-state index in [-0.39, 0.29) is 18.1 Å². The van der Waals surface area contributed by atoms with E-state index in [0.29, 0.717) is 6.04 Å². The first-order chi connectivity index (χ1) is 7.58. The minimum atomic E-state index is -1.01. The van der Waals surface area contributed by atoms with Crippen LogP contribution in [0, 0.1) is 0 Å². The molecule has 16 heavy (non-hydrogen) atoms. The quantitative estimate of drug-likeness (QED) is 0.751. The molecule has 0 atom stereocenters. The molecule has 0 unspecified atom stereocenters. The third kappa shape index (κ3) is 2.18. The van der Waals surface area contributed by atoms with E-state index in [4.69, 9.17) is 5.11 Å². The highest BCUT2D eigenvalue weighted by Crippen LogP contribution is 2.26. The van der Waals surface area contributed by atoms with Gasteiger partial charge in [-0.3, -0.25) is 9.59 Å². The minimum Gasteiger partial charge on any atom is -0.480 e. The van der Waals surface area contributed by atoms with Crippen molar-refractivity contribution < 1.29 is 14.7 Å². The van der Waals surface area contributed by atoms with Gasteiger partial charge in [0.05, 0.1) is 6.20 Å². The average molecular weight is 224 g/mol. The van der Waals surface area contributed by atoms with Crippen molar-refractivity contribution in [1.29, 1.82) is 0 Å². The van der Waals surface area contributed by atoms with Crippen LogP contribution in [0.25, 0.3) is 0 Å². The number of hydrogen-bond acceptors (Lipinski definition) is 4. The molecule has 0 aromatic carbocycles. The fourth-order valence-corrected chi connectivity index (χ4v) is 1.42. The van der Waals surface area contributed by atoms with Crippen LogP contribution in [0.3, 0.4) is 0 Å². The summed E-state index contributed by atoms with van der Waals surface area (Å²) in [6, 6.07) is 0.303. The maximum Gasteiger partial charge on any atom is 0.325 e. The zero-order valence-corrected chi connectivity index (χ0v) is 8.83. The van der Waals surface area contributed by atoms with Crippen molar-refractivity contribution in [1.82, 2.24) is 19.9 Å². The predicted molar refractivity (Wildman–Crippen MR) is 52.8 cm³/mol. The molecule has 7 nitrogen and oxygen atoms in total. The Labute approximate surface area is 91.7 Å². The molecular formula is C9H12N4O3. The lowest BCUT2D eigenvalue weighted by Gasteiger charge is -2.13. The number of aromatic nitrogens is 3. The van der Waals surface area contributed by atoms with Crippen LogP contribution in [0.2, 0.25) is 0 Å². The van der Waals surface area contributed by atoms with Gasteiger partial charge >= 0.3 is 5.97 Å². The molecule has 1 aliphatic carbocycles. The third-order valence-electron chi connectivity index (χ3n) is 2.47. The number of carboxylic acid groups (broad SMARTS) is 1. The van der Waals surface area contributed by atoms with E-state index in [0.717, 1.165) is 17.5 Å². The van der Waals surface area contributed by atoms with E-state index in [1.807, 2.05) is 0 Å². The molecule has 1 aliphatic rings. The van der Waals surface area contributed by atoms with Gasteiger partial charge in [0, 0.05) is 13.1 Å². The van der Waals surface area contributed by atoms with Gasteiger partial charge in [-0.1, -0.05) is 5.21 Å². The van der Waals surface area contributed by atoms with E-state index < -0.39 is 5.97 Å². The minimum absolute atomic E-state index is 0.190. The first-order valence-electron chi connectivity index (χ1n) is 4.97. The fraction of sp³-hybridized carbons (Fsp3) is 0.556. The molecule has 2 rings (SSSR count). The molecule has 1 fully saturated rings. The number of carbonyl (C=O) groups is 2. The van der Waals surface area contributed by atoms with Crippen molar-refractivity contribution in [2.24, 2.45) is 0 Å². The molecule has 0 bridgehead atoms. The van der Waals surface area contributed by atoms with Crippen LogP contribution < -0.4 is 0 Å². The lowest BCUT2D eigenvalue weighted by Crippen LogP contribution is -2.29. The highest BCUT2D eigenvalue weighted by molar-refractivity contribution is 5.92. The highest BCUT2D eigenvalue weighted by Gasteiger charge is 2.31. The predicted octanol–water partition coefficient (Wildman–Crippen LogP) is -0.403. The normalized spacial score (nSPS) is 14.8. The Morgan fingerprint density at radius 3 is 2.88 bits per heavy atom. The Bertz CT molecular complexity index is 424. The molecule has 0 radical (unpaired) electrons. The van der Waals surface area contributed by atoms with Gasteiger partial charge in [0.25, 0.3) is 5.91 Å². The molecule has 1 saturated carbocycles. The van der Waals surface area contributed by atoms with Crippen LogP contribution in [-0.4, -0.2) is 50.0 Å². The second-order valence-electron chi connectivity index (χ2n) is 3.84. The standard InChI is InChI=1S/C9H12N4O3/c1-12(6-2-3-6)9(16)7-4-13(11-10-7)5-8(14)15/h4,6H,2-3,5H2,1H3,(H,14,15). The summed E-state index contributed by atoms with van der Waals surface area (Å²) in [6.45, 7) is -0.284. The topological polar surface area (TPSA) is 88.3 Å². The Balaban J connectivity index is 2.05. The summed E-state index contributed by atoms with van der Waals surface area (Å²) in [6.07, 6.45) is 3.40. The van der Waals surface area contributed by atoms with Crippen molar-refractivity contribution in [2.75, 3.05) is 7.05 Å². The lowest BCUT2D eigenvalue weighted by molar-refractivity contribution is -0.137. The van der Waals surface area contributed by atoms with E-state index in [2.05, 4.69) is 10.3 Å².